The molecule has 2 nitrogen and oxygen atoms in total. The minimum Gasteiger partial charge on any atom is -0.330 e. The molecule has 2 rings (SSSR count). The fourth-order valence-corrected chi connectivity index (χ4v) is 2.94. The van der Waals surface area contributed by atoms with Gasteiger partial charge in [0.25, 0.3) is 0 Å². The minimum absolute atomic E-state index is 0.210. The Morgan fingerprint density at radius 2 is 2.38 bits per heavy atom. The Balaban J connectivity index is 2.18. The lowest BCUT2D eigenvalue weighted by Gasteiger charge is -1.93. The lowest BCUT2D eigenvalue weighted by Crippen LogP contribution is -2.06. The van der Waals surface area contributed by atoms with Crippen molar-refractivity contribution < 1.29 is 4.79 Å². The Morgan fingerprint density at radius 1 is 1.54 bits per heavy atom. The summed E-state index contributed by atoms with van der Waals surface area (Å²) in [6.07, 6.45) is 4.06. The molecule has 0 amide bonds. The molecule has 0 saturated carbocycles. The van der Waals surface area contributed by atoms with E-state index < -0.39 is 0 Å². The average Bonchev–Trinajstić information content (AvgIpc) is 2.61. The molecule has 1 aromatic heterocycles. The highest BCUT2D eigenvalue weighted by Gasteiger charge is 2.17. The summed E-state index contributed by atoms with van der Waals surface area (Å²) in [5.41, 5.74) is 6.74. The number of nitrogens with two attached hydrogens (primary N) is 1. The summed E-state index contributed by atoms with van der Waals surface area (Å²) in [6.45, 7) is 0.460. The van der Waals surface area contributed by atoms with Gasteiger partial charge in [0, 0.05) is 11.3 Å². The van der Waals surface area contributed by atoms with E-state index >= 15 is 0 Å². The summed E-state index contributed by atoms with van der Waals surface area (Å²) in [6, 6.07) is 2.06. The topological polar surface area (TPSA) is 43.1 Å². The number of ketones is 1. The predicted octanol–water partition coefficient (Wildman–Crippen LogP) is 1.77. The molecule has 70 valence electrons. The van der Waals surface area contributed by atoms with Crippen molar-refractivity contribution in [1.29, 1.82) is 0 Å². The molecule has 1 aliphatic carbocycles. The van der Waals surface area contributed by atoms with Crippen LogP contribution in [0.2, 0.25) is 0 Å². The van der Waals surface area contributed by atoms with Gasteiger partial charge >= 0.3 is 0 Å². The molecular weight excluding hydrogens is 182 g/mol. The molecular formula is C10H13NOS. The number of Topliss-reactive ketones (excluding diaryl/α,β-unsaturated/α-hetero) is 1. The standard InChI is InChI=1S/C10H13NOS/c11-5-4-8(12)10-6-7-2-1-3-9(7)13-10/h6H,1-5,11H2. The van der Waals surface area contributed by atoms with Crippen LogP contribution in [0.5, 0.6) is 0 Å². The summed E-state index contributed by atoms with van der Waals surface area (Å²) >= 11 is 1.66. The van der Waals surface area contributed by atoms with E-state index in [0.717, 1.165) is 17.7 Å². The van der Waals surface area contributed by atoms with Crippen LogP contribution < -0.4 is 5.73 Å². The van der Waals surface area contributed by atoms with Gasteiger partial charge in [0.05, 0.1) is 4.88 Å². The van der Waals surface area contributed by atoms with E-state index in [0.29, 0.717) is 13.0 Å². The van der Waals surface area contributed by atoms with Crippen LogP contribution in [0, 0.1) is 0 Å². The molecule has 0 spiro atoms. The van der Waals surface area contributed by atoms with Crippen LogP contribution in [-0.4, -0.2) is 12.3 Å². The summed E-state index contributed by atoms with van der Waals surface area (Å²) in [7, 11) is 0. The van der Waals surface area contributed by atoms with Crippen LogP contribution >= 0.6 is 11.3 Å². The summed E-state index contributed by atoms with van der Waals surface area (Å²) in [5, 5.41) is 0. The number of hydrogen-bond donors (Lipinski definition) is 1. The van der Waals surface area contributed by atoms with Gasteiger partial charge in [-0.25, -0.2) is 0 Å². The second-order valence-corrected chi connectivity index (χ2v) is 4.51. The van der Waals surface area contributed by atoms with Crippen molar-refractivity contribution in [3.63, 3.8) is 0 Å². The zero-order valence-electron chi connectivity index (χ0n) is 7.51. The van der Waals surface area contributed by atoms with Gasteiger partial charge in [-0.1, -0.05) is 0 Å². The summed E-state index contributed by atoms with van der Waals surface area (Å²) in [4.78, 5) is 13.8. The van der Waals surface area contributed by atoms with Crippen molar-refractivity contribution >= 4 is 17.1 Å². The first-order valence-electron chi connectivity index (χ1n) is 4.66. The number of hydrogen-bond acceptors (Lipinski definition) is 3. The SMILES string of the molecule is NCCC(=O)c1cc2c(s1)CCC2. The first kappa shape index (κ1) is 8.91. The van der Waals surface area contributed by atoms with Crippen molar-refractivity contribution in [3.05, 3.63) is 21.4 Å². The van der Waals surface area contributed by atoms with E-state index in [1.54, 1.807) is 11.3 Å². The van der Waals surface area contributed by atoms with Crippen LogP contribution in [0.3, 0.4) is 0 Å². The fraction of sp³-hybridized carbons (Fsp3) is 0.500. The normalized spacial score (nSPS) is 14.5. The molecule has 0 radical (unpaired) electrons. The van der Waals surface area contributed by atoms with E-state index in [1.165, 1.54) is 16.9 Å². The quantitative estimate of drug-likeness (QED) is 0.747. The highest BCUT2D eigenvalue weighted by molar-refractivity contribution is 7.14. The maximum Gasteiger partial charge on any atom is 0.174 e. The first-order valence-corrected chi connectivity index (χ1v) is 5.48. The smallest absolute Gasteiger partial charge is 0.174 e. The summed E-state index contributed by atoms with van der Waals surface area (Å²) in [5.74, 6) is 0.210. The zero-order valence-corrected chi connectivity index (χ0v) is 8.32. The van der Waals surface area contributed by atoms with Gasteiger partial charge in [0.15, 0.2) is 5.78 Å². The highest BCUT2D eigenvalue weighted by Crippen LogP contribution is 2.30. The third kappa shape index (κ3) is 1.67. The number of fused-ring (bicyclic) bond motifs is 1. The van der Waals surface area contributed by atoms with Gasteiger partial charge in [0.1, 0.15) is 0 Å². The van der Waals surface area contributed by atoms with E-state index in [4.69, 9.17) is 5.73 Å². The van der Waals surface area contributed by atoms with E-state index in [-0.39, 0.29) is 5.78 Å². The van der Waals surface area contributed by atoms with Crippen molar-refractivity contribution in [2.75, 3.05) is 6.54 Å². The second-order valence-electron chi connectivity index (χ2n) is 3.37. The molecule has 2 N–H and O–H groups in total. The molecule has 1 heterocycles. The highest BCUT2D eigenvalue weighted by atomic mass is 32.1. The molecule has 0 saturated heterocycles. The fourth-order valence-electron chi connectivity index (χ4n) is 1.72. The molecule has 0 fully saturated rings. The molecule has 0 atom stereocenters. The van der Waals surface area contributed by atoms with Gasteiger partial charge < -0.3 is 5.73 Å². The van der Waals surface area contributed by atoms with Crippen molar-refractivity contribution in [2.45, 2.75) is 25.7 Å². The maximum absolute atomic E-state index is 11.5. The predicted molar refractivity (Wildman–Crippen MR) is 54.3 cm³/mol. The Morgan fingerprint density at radius 3 is 3.08 bits per heavy atom. The van der Waals surface area contributed by atoms with Gasteiger partial charge in [0.2, 0.25) is 0 Å². The zero-order chi connectivity index (χ0) is 9.26. The van der Waals surface area contributed by atoms with Crippen LogP contribution in [0.1, 0.15) is 33.0 Å². The molecule has 13 heavy (non-hydrogen) atoms. The van der Waals surface area contributed by atoms with Gasteiger partial charge in [-0.3, -0.25) is 4.79 Å². The molecule has 1 aliphatic rings. The molecule has 3 heteroatoms. The third-order valence-corrected chi connectivity index (χ3v) is 3.67. The Labute approximate surface area is 81.8 Å². The Bertz CT molecular complexity index is 308. The van der Waals surface area contributed by atoms with Gasteiger partial charge in [-0.05, 0) is 37.4 Å². The lowest BCUT2D eigenvalue weighted by molar-refractivity contribution is 0.0989. The molecule has 1 aromatic rings. The molecule has 0 unspecified atom stereocenters. The summed E-state index contributed by atoms with van der Waals surface area (Å²) < 4.78 is 0. The van der Waals surface area contributed by atoms with Crippen LogP contribution in [0.25, 0.3) is 0 Å². The van der Waals surface area contributed by atoms with Crippen molar-refractivity contribution in [2.24, 2.45) is 5.73 Å². The monoisotopic (exact) mass is 195 g/mol. The van der Waals surface area contributed by atoms with Crippen LogP contribution in [0.15, 0.2) is 6.07 Å². The van der Waals surface area contributed by atoms with Crippen molar-refractivity contribution in [3.8, 4) is 0 Å². The molecule has 0 aliphatic heterocycles. The molecule has 0 aromatic carbocycles. The number of rotatable bonds is 3. The van der Waals surface area contributed by atoms with Crippen LogP contribution in [0.4, 0.5) is 0 Å². The number of aryl methyl sites for hydroxylation is 2. The third-order valence-electron chi connectivity index (χ3n) is 2.39. The van der Waals surface area contributed by atoms with Crippen molar-refractivity contribution in [1.82, 2.24) is 0 Å². The van der Waals surface area contributed by atoms with E-state index in [9.17, 15) is 4.79 Å². The molecule has 0 bridgehead atoms. The minimum atomic E-state index is 0.210. The Hall–Kier alpha value is -0.670. The number of carbonyl (C=O) groups is 1. The number of carbonyl (C=O) groups excluding carboxylic acids is 1. The van der Waals surface area contributed by atoms with Gasteiger partial charge in [-0.2, -0.15) is 0 Å². The lowest BCUT2D eigenvalue weighted by atomic mass is 10.2. The van der Waals surface area contributed by atoms with E-state index in [1.807, 2.05) is 0 Å². The van der Waals surface area contributed by atoms with E-state index in [2.05, 4.69) is 6.07 Å². The second kappa shape index (κ2) is 3.60. The maximum atomic E-state index is 11.5. The van der Waals surface area contributed by atoms with Crippen LogP contribution in [-0.2, 0) is 12.8 Å². The average molecular weight is 195 g/mol. The largest absolute Gasteiger partial charge is 0.330 e. The number of thiophene rings is 1. The first-order chi connectivity index (χ1) is 6.31. The Kier molecular flexibility index (Phi) is 2.47. The van der Waals surface area contributed by atoms with Gasteiger partial charge in [-0.15, -0.1) is 11.3 Å².